The summed E-state index contributed by atoms with van der Waals surface area (Å²) in [5, 5.41) is 3.39. The Hall–Kier alpha value is -2.27. The van der Waals surface area contributed by atoms with E-state index in [2.05, 4.69) is 43.5 Å². The van der Waals surface area contributed by atoms with Crippen molar-refractivity contribution in [1.29, 1.82) is 0 Å². The van der Waals surface area contributed by atoms with Gasteiger partial charge in [-0.3, -0.25) is 0 Å². The van der Waals surface area contributed by atoms with Crippen molar-refractivity contribution >= 4 is 11.2 Å². The number of aromatic nitrogens is 4. The van der Waals surface area contributed by atoms with Crippen LogP contribution in [0.25, 0.3) is 22.6 Å². The fourth-order valence-electron chi connectivity index (χ4n) is 2.53. The summed E-state index contributed by atoms with van der Waals surface area (Å²) in [6, 6.07) is 6.52. The van der Waals surface area contributed by atoms with Gasteiger partial charge in [0, 0.05) is 12.1 Å². The number of nitrogens with zero attached hydrogens (tertiary/aromatic N) is 3. The Bertz CT molecular complexity index is 713. The predicted octanol–water partition coefficient (Wildman–Crippen LogP) is 1.67. The van der Waals surface area contributed by atoms with Gasteiger partial charge in [0.1, 0.15) is 17.7 Å². The molecule has 2 aromatic heterocycles. The third-order valence-electron chi connectivity index (χ3n) is 3.53. The molecule has 5 heteroatoms. The second-order valence-corrected chi connectivity index (χ2v) is 4.76. The zero-order valence-electron chi connectivity index (χ0n) is 10.3. The van der Waals surface area contributed by atoms with Crippen LogP contribution >= 0.6 is 0 Å². The third-order valence-corrected chi connectivity index (χ3v) is 3.53. The van der Waals surface area contributed by atoms with Crippen LogP contribution in [0.5, 0.6) is 0 Å². The molecule has 0 amide bonds. The summed E-state index contributed by atoms with van der Waals surface area (Å²) in [4.78, 5) is 15.9. The van der Waals surface area contributed by atoms with Crippen molar-refractivity contribution in [3.8, 4) is 11.4 Å². The first-order valence-electron chi connectivity index (χ1n) is 6.39. The second kappa shape index (κ2) is 4.13. The van der Waals surface area contributed by atoms with Crippen molar-refractivity contribution in [3.05, 3.63) is 41.9 Å². The van der Waals surface area contributed by atoms with Gasteiger partial charge in [-0.1, -0.05) is 12.1 Å². The van der Waals surface area contributed by atoms with E-state index in [0.29, 0.717) is 5.65 Å². The van der Waals surface area contributed by atoms with E-state index < -0.39 is 0 Å². The number of rotatable bonds is 1. The summed E-state index contributed by atoms with van der Waals surface area (Å²) >= 11 is 0. The molecule has 0 saturated carbocycles. The van der Waals surface area contributed by atoms with Gasteiger partial charge in [-0.2, -0.15) is 0 Å². The number of fused-ring (bicyclic) bond motifs is 2. The highest BCUT2D eigenvalue weighted by atomic mass is 15.0. The Morgan fingerprint density at radius 1 is 1.16 bits per heavy atom. The van der Waals surface area contributed by atoms with Crippen LogP contribution in [0.4, 0.5) is 0 Å². The van der Waals surface area contributed by atoms with Crippen LogP contribution in [0.15, 0.2) is 30.7 Å². The largest absolute Gasteiger partial charge is 0.335 e. The molecule has 4 rings (SSSR count). The lowest BCUT2D eigenvalue weighted by Crippen LogP contribution is -2.23. The van der Waals surface area contributed by atoms with E-state index in [4.69, 9.17) is 0 Å². The van der Waals surface area contributed by atoms with Gasteiger partial charge in [0.15, 0.2) is 5.65 Å². The first-order chi connectivity index (χ1) is 9.40. The molecule has 0 bridgehead atoms. The lowest BCUT2D eigenvalue weighted by molar-refractivity contribution is 0.644. The van der Waals surface area contributed by atoms with Gasteiger partial charge in [0.05, 0.1) is 6.20 Å². The predicted molar refractivity (Wildman–Crippen MR) is 72.5 cm³/mol. The maximum atomic E-state index is 4.50. The number of H-pyrrole nitrogens is 1. The highest BCUT2D eigenvalue weighted by Gasteiger charge is 2.11. The van der Waals surface area contributed by atoms with E-state index in [-0.39, 0.29) is 0 Å². The Morgan fingerprint density at radius 2 is 2.16 bits per heavy atom. The van der Waals surface area contributed by atoms with Crippen LogP contribution in [-0.4, -0.2) is 26.5 Å². The summed E-state index contributed by atoms with van der Waals surface area (Å²) in [5.74, 6) is 0.851. The average molecular weight is 251 g/mol. The second-order valence-electron chi connectivity index (χ2n) is 4.76. The molecule has 0 fully saturated rings. The minimum absolute atomic E-state index is 0.709. The van der Waals surface area contributed by atoms with Crippen LogP contribution in [0.1, 0.15) is 11.1 Å². The monoisotopic (exact) mass is 251 g/mol. The number of imidazole rings is 1. The zero-order valence-corrected chi connectivity index (χ0v) is 10.3. The van der Waals surface area contributed by atoms with Crippen LogP contribution in [0, 0.1) is 0 Å². The highest BCUT2D eigenvalue weighted by Crippen LogP contribution is 2.23. The molecular formula is C14H13N5. The summed E-state index contributed by atoms with van der Waals surface area (Å²) < 4.78 is 0. The molecule has 19 heavy (non-hydrogen) atoms. The molecule has 0 atom stereocenters. The summed E-state index contributed by atoms with van der Waals surface area (Å²) in [6.45, 7) is 2.00. The van der Waals surface area contributed by atoms with E-state index >= 15 is 0 Å². The average Bonchev–Trinajstić information content (AvgIpc) is 2.90. The fraction of sp³-hybridized carbons (Fsp3) is 0.214. The van der Waals surface area contributed by atoms with Crippen LogP contribution in [0.2, 0.25) is 0 Å². The topological polar surface area (TPSA) is 66.5 Å². The molecule has 1 aliphatic heterocycles. The highest BCUT2D eigenvalue weighted by molar-refractivity contribution is 5.75. The number of hydrogen-bond acceptors (Lipinski definition) is 4. The Labute approximate surface area is 110 Å². The molecule has 5 nitrogen and oxygen atoms in total. The van der Waals surface area contributed by atoms with E-state index in [9.17, 15) is 0 Å². The maximum Gasteiger partial charge on any atom is 0.181 e. The lowest BCUT2D eigenvalue weighted by Gasteiger charge is -2.17. The number of benzene rings is 1. The molecule has 3 aromatic rings. The van der Waals surface area contributed by atoms with Crippen molar-refractivity contribution in [2.75, 3.05) is 6.54 Å². The van der Waals surface area contributed by atoms with E-state index in [1.54, 1.807) is 6.20 Å². The first-order valence-corrected chi connectivity index (χ1v) is 6.39. The minimum Gasteiger partial charge on any atom is -0.335 e. The SMILES string of the molecule is c1ncc2[nH]c(-c3ccc4c(c3)CNCC4)nc2n1. The van der Waals surface area contributed by atoms with E-state index in [1.807, 2.05) is 0 Å². The van der Waals surface area contributed by atoms with Gasteiger partial charge in [-0.25, -0.2) is 15.0 Å². The van der Waals surface area contributed by atoms with Crippen molar-refractivity contribution in [2.45, 2.75) is 13.0 Å². The molecule has 0 spiro atoms. The van der Waals surface area contributed by atoms with Gasteiger partial charge in [0.2, 0.25) is 0 Å². The Balaban J connectivity index is 1.83. The lowest BCUT2D eigenvalue weighted by atomic mass is 9.98. The summed E-state index contributed by atoms with van der Waals surface area (Å²) in [5.41, 5.74) is 5.46. The Morgan fingerprint density at radius 3 is 3.11 bits per heavy atom. The molecule has 1 aliphatic rings. The van der Waals surface area contributed by atoms with E-state index in [1.165, 1.54) is 17.5 Å². The van der Waals surface area contributed by atoms with Gasteiger partial charge >= 0.3 is 0 Å². The molecule has 94 valence electrons. The smallest absolute Gasteiger partial charge is 0.181 e. The van der Waals surface area contributed by atoms with Gasteiger partial charge in [-0.15, -0.1) is 0 Å². The number of hydrogen-bond donors (Lipinski definition) is 2. The molecule has 0 aliphatic carbocycles. The van der Waals surface area contributed by atoms with Gasteiger partial charge in [-0.05, 0) is 30.2 Å². The van der Waals surface area contributed by atoms with Crippen LogP contribution in [-0.2, 0) is 13.0 Å². The Kier molecular flexibility index (Phi) is 2.31. The molecule has 0 radical (unpaired) electrons. The van der Waals surface area contributed by atoms with Gasteiger partial charge < -0.3 is 10.3 Å². The van der Waals surface area contributed by atoms with Crippen molar-refractivity contribution in [2.24, 2.45) is 0 Å². The number of aromatic amines is 1. The van der Waals surface area contributed by atoms with Gasteiger partial charge in [0.25, 0.3) is 0 Å². The van der Waals surface area contributed by atoms with Crippen LogP contribution < -0.4 is 5.32 Å². The fourth-order valence-corrected chi connectivity index (χ4v) is 2.53. The van der Waals surface area contributed by atoms with Crippen molar-refractivity contribution in [1.82, 2.24) is 25.3 Å². The first kappa shape index (κ1) is 10.6. The standard InChI is InChI=1S/C14H13N5/c1-2-10(5-11-6-15-4-3-9(1)11)13-18-12-7-16-8-17-14(12)19-13/h1-2,5,7-8,15H,3-4,6H2,(H,16,17,18,19). The molecule has 2 N–H and O–H groups in total. The van der Waals surface area contributed by atoms with Crippen molar-refractivity contribution in [3.63, 3.8) is 0 Å². The normalized spacial score (nSPS) is 14.5. The quantitative estimate of drug-likeness (QED) is 0.690. The minimum atomic E-state index is 0.709. The third kappa shape index (κ3) is 1.79. The summed E-state index contributed by atoms with van der Waals surface area (Å²) in [7, 11) is 0. The zero-order chi connectivity index (χ0) is 12.7. The number of nitrogens with one attached hydrogen (secondary N) is 2. The van der Waals surface area contributed by atoms with Crippen molar-refractivity contribution < 1.29 is 0 Å². The maximum absolute atomic E-state index is 4.50. The molecular weight excluding hydrogens is 238 g/mol. The molecule has 0 saturated heterocycles. The summed E-state index contributed by atoms with van der Waals surface area (Å²) in [6.07, 6.45) is 4.36. The molecule has 1 aromatic carbocycles. The van der Waals surface area contributed by atoms with E-state index in [0.717, 1.165) is 36.4 Å². The molecule has 3 heterocycles. The van der Waals surface area contributed by atoms with Crippen LogP contribution in [0.3, 0.4) is 0 Å². The molecule has 0 unspecified atom stereocenters.